The first-order chi connectivity index (χ1) is 13.1. The topological polar surface area (TPSA) is 91.2 Å². The van der Waals surface area contributed by atoms with Crippen molar-refractivity contribution in [1.29, 1.82) is 0 Å². The molecule has 0 unspecified atom stereocenters. The Bertz CT molecular complexity index is 991. The van der Waals surface area contributed by atoms with Crippen LogP contribution in [0.2, 0.25) is 5.02 Å². The summed E-state index contributed by atoms with van der Waals surface area (Å²) in [7, 11) is 0. The zero-order valence-electron chi connectivity index (χ0n) is 14.5. The summed E-state index contributed by atoms with van der Waals surface area (Å²) in [6.45, 7) is 2.93. The fourth-order valence-corrected chi connectivity index (χ4v) is 3.10. The monoisotopic (exact) mass is 385 g/mol. The number of carbonyl (C=O) groups is 1. The van der Waals surface area contributed by atoms with E-state index in [0.29, 0.717) is 41.0 Å². The minimum atomic E-state index is -0.301. The van der Waals surface area contributed by atoms with E-state index in [-0.39, 0.29) is 5.91 Å². The number of tetrazole rings is 1. The fraction of sp³-hybridized carbons (Fsp3) is 0.222. The van der Waals surface area contributed by atoms with E-state index in [1.54, 1.807) is 12.1 Å². The molecule has 0 aliphatic carbocycles. The molecule has 2 heterocycles. The van der Waals surface area contributed by atoms with Crippen molar-refractivity contribution in [2.24, 2.45) is 0 Å². The normalized spacial score (nSPS) is 13.1. The minimum absolute atomic E-state index is 0.301. The molecule has 2 aromatic carbocycles. The number of carbonyl (C=O) groups excluding carboxylic acids is 1. The number of nitrogens with zero attached hydrogens (tertiary/aromatic N) is 4. The minimum Gasteiger partial charge on any atom is -0.489 e. The Kier molecular flexibility index (Phi) is 4.64. The van der Waals surface area contributed by atoms with Gasteiger partial charge in [-0.2, -0.15) is 0 Å². The van der Waals surface area contributed by atoms with Crippen molar-refractivity contribution in [3.8, 4) is 17.2 Å². The van der Waals surface area contributed by atoms with Gasteiger partial charge in [-0.25, -0.2) is 4.68 Å². The van der Waals surface area contributed by atoms with Gasteiger partial charge in [0.1, 0.15) is 6.33 Å². The molecule has 0 saturated heterocycles. The molecule has 0 atom stereocenters. The first-order valence-electron chi connectivity index (χ1n) is 8.37. The van der Waals surface area contributed by atoms with Gasteiger partial charge in [0.15, 0.2) is 11.5 Å². The fourth-order valence-electron chi connectivity index (χ4n) is 2.84. The van der Waals surface area contributed by atoms with Gasteiger partial charge in [-0.15, -0.1) is 5.10 Å². The molecule has 0 spiro atoms. The molecular formula is C18H16ClN5O3. The summed E-state index contributed by atoms with van der Waals surface area (Å²) in [5.41, 5.74) is 2.64. The molecule has 27 heavy (non-hydrogen) atoms. The summed E-state index contributed by atoms with van der Waals surface area (Å²) in [5, 5.41) is 14.4. The van der Waals surface area contributed by atoms with Crippen LogP contribution >= 0.6 is 11.6 Å². The Morgan fingerprint density at radius 2 is 2.11 bits per heavy atom. The first kappa shape index (κ1) is 17.3. The molecule has 9 heteroatoms. The van der Waals surface area contributed by atoms with Gasteiger partial charge in [0.25, 0.3) is 5.91 Å². The number of rotatable bonds is 3. The van der Waals surface area contributed by atoms with E-state index < -0.39 is 0 Å². The zero-order chi connectivity index (χ0) is 18.8. The Balaban J connectivity index is 1.63. The molecule has 3 aromatic rings. The van der Waals surface area contributed by atoms with E-state index in [9.17, 15) is 4.79 Å². The summed E-state index contributed by atoms with van der Waals surface area (Å²) in [5.74, 6) is 0.649. The van der Waals surface area contributed by atoms with Crippen LogP contribution in [-0.2, 0) is 0 Å². The van der Waals surface area contributed by atoms with Gasteiger partial charge in [-0.3, -0.25) is 4.79 Å². The van der Waals surface area contributed by atoms with Gasteiger partial charge in [0.2, 0.25) is 0 Å². The number of anilines is 1. The number of hydrogen-bond donors (Lipinski definition) is 1. The second-order valence-electron chi connectivity index (χ2n) is 5.99. The van der Waals surface area contributed by atoms with Crippen molar-refractivity contribution in [3.05, 3.63) is 52.8 Å². The Morgan fingerprint density at radius 3 is 2.93 bits per heavy atom. The Morgan fingerprint density at radius 1 is 1.26 bits per heavy atom. The third-order valence-corrected chi connectivity index (χ3v) is 4.49. The van der Waals surface area contributed by atoms with E-state index in [0.717, 1.165) is 17.7 Å². The van der Waals surface area contributed by atoms with Crippen LogP contribution < -0.4 is 14.8 Å². The summed E-state index contributed by atoms with van der Waals surface area (Å²) >= 11 is 6.28. The summed E-state index contributed by atoms with van der Waals surface area (Å²) in [4.78, 5) is 12.8. The van der Waals surface area contributed by atoms with Crippen LogP contribution in [-0.4, -0.2) is 39.3 Å². The molecular weight excluding hydrogens is 370 g/mol. The highest BCUT2D eigenvalue weighted by atomic mass is 35.5. The number of nitrogens with one attached hydrogen (secondary N) is 1. The van der Waals surface area contributed by atoms with Crippen molar-refractivity contribution in [2.75, 3.05) is 18.5 Å². The maximum atomic E-state index is 12.8. The number of fused-ring (bicyclic) bond motifs is 1. The summed E-state index contributed by atoms with van der Waals surface area (Å²) in [6, 6.07) is 8.71. The molecule has 0 radical (unpaired) electrons. The lowest BCUT2D eigenvalue weighted by Gasteiger charge is -2.14. The Hall–Kier alpha value is -3.13. The molecule has 0 fully saturated rings. The number of amides is 1. The van der Waals surface area contributed by atoms with Gasteiger partial charge in [-0.05, 0) is 47.2 Å². The maximum absolute atomic E-state index is 12.8. The van der Waals surface area contributed by atoms with Gasteiger partial charge in [-0.1, -0.05) is 17.7 Å². The average Bonchev–Trinajstić information content (AvgIpc) is 3.08. The second-order valence-corrected chi connectivity index (χ2v) is 6.40. The summed E-state index contributed by atoms with van der Waals surface area (Å²) in [6.07, 6.45) is 2.26. The highest BCUT2D eigenvalue weighted by Gasteiger charge is 2.19. The Labute approximate surface area is 160 Å². The molecule has 1 N–H and O–H groups in total. The number of aromatic nitrogens is 4. The predicted molar refractivity (Wildman–Crippen MR) is 98.9 cm³/mol. The van der Waals surface area contributed by atoms with Crippen molar-refractivity contribution in [1.82, 2.24) is 20.2 Å². The molecule has 8 nitrogen and oxygen atoms in total. The van der Waals surface area contributed by atoms with Crippen molar-refractivity contribution < 1.29 is 14.3 Å². The molecule has 138 valence electrons. The van der Waals surface area contributed by atoms with Crippen LogP contribution in [0.4, 0.5) is 5.69 Å². The third kappa shape index (κ3) is 3.43. The standard InChI is InChI=1S/C18H16ClN5O3/c1-11-14(4-2-5-15(11)24-10-20-22-23-24)21-18(25)12-8-13(19)17-16(9-12)26-6-3-7-27-17/h2,4-5,8-10H,3,6-7H2,1H3,(H,21,25). The van der Waals surface area contributed by atoms with Crippen LogP contribution in [0.15, 0.2) is 36.7 Å². The van der Waals surface area contributed by atoms with Gasteiger partial charge in [0, 0.05) is 17.7 Å². The number of benzene rings is 2. The molecule has 1 amide bonds. The molecule has 1 aliphatic heterocycles. The lowest BCUT2D eigenvalue weighted by molar-refractivity contribution is 0.102. The number of hydrogen-bond acceptors (Lipinski definition) is 6. The van der Waals surface area contributed by atoms with E-state index >= 15 is 0 Å². The van der Waals surface area contributed by atoms with Crippen LogP contribution in [0, 0.1) is 6.92 Å². The molecule has 0 bridgehead atoms. The highest BCUT2D eigenvalue weighted by Crippen LogP contribution is 2.38. The highest BCUT2D eigenvalue weighted by molar-refractivity contribution is 6.32. The maximum Gasteiger partial charge on any atom is 0.255 e. The molecule has 1 aliphatic rings. The molecule has 4 rings (SSSR count). The first-order valence-corrected chi connectivity index (χ1v) is 8.75. The van der Waals surface area contributed by atoms with E-state index in [1.165, 1.54) is 11.0 Å². The zero-order valence-corrected chi connectivity index (χ0v) is 15.2. The smallest absolute Gasteiger partial charge is 0.255 e. The van der Waals surface area contributed by atoms with Crippen LogP contribution in [0.3, 0.4) is 0 Å². The molecule has 1 aromatic heterocycles. The number of halogens is 1. The third-order valence-electron chi connectivity index (χ3n) is 4.21. The van der Waals surface area contributed by atoms with E-state index in [2.05, 4.69) is 20.8 Å². The van der Waals surface area contributed by atoms with Gasteiger partial charge in [0.05, 0.1) is 23.9 Å². The number of ether oxygens (including phenoxy) is 2. The van der Waals surface area contributed by atoms with Crippen LogP contribution in [0.25, 0.3) is 5.69 Å². The summed E-state index contributed by atoms with van der Waals surface area (Å²) < 4.78 is 12.8. The van der Waals surface area contributed by atoms with Crippen molar-refractivity contribution in [2.45, 2.75) is 13.3 Å². The average molecular weight is 386 g/mol. The van der Waals surface area contributed by atoms with Crippen molar-refractivity contribution in [3.63, 3.8) is 0 Å². The lowest BCUT2D eigenvalue weighted by atomic mass is 10.1. The van der Waals surface area contributed by atoms with Crippen molar-refractivity contribution >= 4 is 23.2 Å². The van der Waals surface area contributed by atoms with Crippen LogP contribution in [0.1, 0.15) is 22.3 Å². The molecule has 0 saturated carbocycles. The largest absolute Gasteiger partial charge is 0.489 e. The van der Waals surface area contributed by atoms with Gasteiger partial charge >= 0.3 is 0 Å². The van der Waals surface area contributed by atoms with E-state index in [4.69, 9.17) is 21.1 Å². The predicted octanol–water partition coefficient (Wildman–Crippen LogP) is 3.04. The lowest BCUT2D eigenvalue weighted by Crippen LogP contribution is -2.14. The van der Waals surface area contributed by atoms with E-state index in [1.807, 2.05) is 25.1 Å². The SMILES string of the molecule is Cc1c(NC(=O)c2cc(Cl)c3c(c2)OCCCO3)cccc1-n1cnnn1. The quantitative estimate of drug-likeness (QED) is 0.745. The van der Waals surface area contributed by atoms with Gasteiger partial charge < -0.3 is 14.8 Å². The second kappa shape index (κ2) is 7.24. The van der Waals surface area contributed by atoms with Crippen LogP contribution in [0.5, 0.6) is 11.5 Å².